The van der Waals surface area contributed by atoms with Crippen LogP contribution in [0, 0.1) is 6.92 Å². The minimum absolute atomic E-state index is 0.00356. The largest absolute Gasteiger partial charge is 0.355 e. The van der Waals surface area contributed by atoms with Crippen LogP contribution in [0.15, 0.2) is 42.7 Å². The van der Waals surface area contributed by atoms with Crippen LogP contribution in [0.25, 0.3) is 0 Å². The number of nitrogens with one attached hydrogen (secondary N) is 2. The fourth-order valence-corrected chi connectivity index (χ4v) is 3.34. The number of hydrogen-bond donors (Lipinski definition) is 2. The molecule has 2 aromatic rings. The molecule has 2 heterocycles. The van der Waals surface area contributed by atoms with E-state index in [-0.39, 0.29) is 23.9 Å². The SMILES string of the molecule is CCNC(=O)[C@@H]1C[C@H](NC(=O)c2cnc(C)nc2)CN1Cc1ccccc1. The molecule has 2 N–H and O–H groups in total. The summed E-state index contributed by atoms with van der Waals surface area (Å²) in [4.78, 5) is 35.2. The molecule has 0 aliphatic carbocycles. The summed E-state index contributed by atoms with van der Waals surface area (Å²) in [5.41, 5.74) is 1.57. The van der Waals surface area contributed by atoms with E-state index >= 15 is 0 Å². The molecule has 0 bridgehead atoms. The van der Waals surface area contributed by atoms with Gasteiger partial charge < -0.3 is 10.6 Å². The van der Waals surface area contributed by atoms with Gasteiger partial charge in [-0.25, -0.2) is 9.97 Å². The highest BCUT2D eigenvalue weighted by molar-refractivity contribution is 5.94. The van der Waals surface area contributed by atoms with Crippen LogP contribution in [0.2, 0.25) is 0 Å². The average molecular weight is 367 g/mol. The highest BCUT2D eigenvalue weighted by Gasteiger charge is 2.37. The Hall–Kier alpha value is -2.80. The number of nitrogens with zero attached hydrogens (tertiary/aromatic N) is 3. The summed E-state index contributed by atoms with van der Waals surface area (Å²) in [7, 11) is 0. The number of hydrogen-bond acceptors (Lipinski definition) is 5. The molecule has 0 radical (unpaired) electrons. The molecule has 1 saturated heterocycles. The molecule has 1 fully saturated rings. The fraction of sp³-hybridized carbons (Fsp3) is 0.400. The Balaban J connectivity index is 1.68. The quantitative estimate of drug-likeness (QED) is 0.803. The van der Waals surface area contributed by atoms with Crippen LogP contribution in [0.1, 0.15) is 35.1 Å². The molecule has 7 heteroatoms. The van der Waals surface area contributed by atoms with Gasteiger partial charge in [0, 0.05) is 38.1 Å². The molecule has 2 amide bonds. The van der Waals surface area contributed by atoms with E-state index in [4.69, 9.17) is 0 Å². The first-order valence-corrected chi connectivity index (χ1v) is 9.22. The summed E-state index contributed by atoms with van der Waals surface area (Å²) in [5.74, 6) is 0.415. The predicted molar refractivity (Wildman–Crippen MR) is 102 cm³/mol. The molecule has 27 heavy (non-hydrogen) atoms. The molecular formula is C20H25N5O2. The summed E-state index contributed by atoms with van der Waals surface area (Å²) in [5, 5.41) is 5.92. The summed E-state index contributed by atoms with van der Waals surface area (Å²) < 4.78 is 0. The Labute approximate surface area is 159 Å². The van der Waals surface area contributed by atoms with Gasteiger partial charge in [-0.3, -0.25) is 14.5 Å². The van der Waals surface area contributed by atoms with Crippen molar-refractivity contribution >= 4 is 11.8 Å². The molecule has 0 spiro atoms. The summed E-state index contributed by atoms with van der Waals surface area (Å²) in [6.07, 6.45) is 3.63. The fourth-order valence-electron chi connectivity index (χ4n) is 3.34. The van der Waals surface area contributed by atoms with Gasteiger partial charge in [0.2, 0.25) is 5.91 Å². The van der Waals surface area contributed by atoms with E-state index in [0.29, 0.717) is 37.4 Å². The van der Waals surface area contributed by atoms with Crippen LogP contribution in [0.4, 0.5) is 0 Å². The van der Waals surface area contributed by atoms with Crippen molar-refractivity contribution in [3.05, 3.63) is 59.7 Å². The second-order valence-electron chi connectivity index (χ2n) is 6.75. The van der Waals surface area contributed by atoms with Gasteiger partial charge in [0.25, 0.3) is 5.91 Å². The lowest BCUT2D eigenvalue weighted by molar-refractivity contribution is -0.125. The van der Waals surface area contributed by atoms with Crippen molar-refractivity contribution in [2.45, 2.75) is 38.9 Å². The Morgan fingerprint density at radius 1 is 1.19 bits per heavy atom. The number of carbonyl (C=O) groups excluding carboxylic acids is 2. The summed E-state index contributed by atoms with van der Waals surface area (Å²) in [6, 6.07) is 9.68. The van der Waals surface area contributed by atoms with Crippen molar-refractivity contribution in [2.24, 2.45) is 0 Å². The smallest absolute Gasteiger partial charge is 0.254 e. The summed E-state index contributed by atoms with van der Waals surface area (Å²) >= 11 is 0. The maximum Gasteiger partial charge on any atom is 0.254 e. The van der Waals surface area contributed by atoms with Gasteiger partial charge in [0.15, 0.2) is 0 Å². The molecule has 0 unspecified atom stereocenters. The van der Waals surface area contributed by atoms with Crippen molar-refractivity contribution < 1.29 is 9.59 Å². The minimum Gasteiger partial charge on any atom is -0.355 e. The zero-order valence-electron chi connectivity index (χ0n) is 15.7. The Morgan fingerprint density at radius 2 is 1.89 bits per heavy atom. The molecular weight excluding hydrogens is 342 g/mol. The van der Waals surface area contributed by atoms with Gasteiger partial charge in [0.05, 0.1) is 11.6 Å². The van der Waals surface area contributed by atoms with Crippen molar-refractivity contribution in [3.63, 3.8) is 0 Å². The number of benzene rings is 1. The Morgan fingerprint density at radius 3 is 2.56 bits per heavy atom. The molecule has 0 saturated carbocycles. The standard InChI is InChI=1S/C20H25N5O2/c1-3-21-20(27)18-9-17(13-25(18)12-15-7-5-4-6-8-15)24-19(26)16-10-22-14(2)23-11-16/h4-8,10-11,17-18H,3,9,12-13H2,1-2H3,(H,21,27)(H,24,26)/t17-,18-/m0/s1. The molecule has 3 rings (SSSR count). The van der Waals surface area contributed by atoms with Crippen LogP contribution in [0.3, 0.4) is 0 Å². The van der Waals surface area contributed by atoms with Crippen LogP contribution in [-0.2, 0) is 11.3 Å². The second kappa shape index (κ2) is 8.73. The van der Waals surface area contributed by atoms with Crippen LogP contribution in [0.5, 0.6) is 0 Å². The second-order valence-corrected chi connectivity index (χ2v) is 6.75. The topological polar surface area (TPSA) is 87.2 Å². The lowest BCUT2D eigenvalue weighted by atomic mass is 10.1. The number of rotatable bonds is 6. The molecule has 7 nitrogen and oxygen atoms in total. The molecule has 1 aliphatic heterocycles. The summed E-state index contributed by atoms with van der Waals surface area (Å²) in [6.45, 7) is 5.56. The van der Waals surface area contributed by atoms with Gasteiger partial charge >= 0.3 is 0 Å². The van der Waals surface area contributed by atoms with Crippen molar-refractivity contribution in [1.82, 2.24) is 25.5 Å². The van der Waals surface area contributed by atoms with Gasteiger partial charge in [0.1, 0.15) is 5.82 Å². The number of likely N-dealkylation sites (tertiary alicyclic amines) is 1. The monoisotopic (exact) mass is 367 g/mol. The van der Waals surface area contributed by atoms with Crippen LogP contribution >= 0.6 is 0 Å². The third-order valence-corrected chi connectivity index (χ3v) is 4.66. The molecule has 1 aliphatic rings. The van der Waals surface area contributed by atoms with Crippen molar-refractivity contribution in [1.29, 1.82) is 0 Å². The molecule has 2 atom stereocenters. The maximum atomic E-state index is 12.5. The van der Waals surface area contributed by atoms with E-state index in [1.54, 1.807) is 6.92 Å². The number of aromatic nitrogens is 2. The van der Waals surface area contributed by atoms with Crippen molar-refractivity contribution in [2.75, 3.05) is 13.1 Å². The van der Waals surface area contributed by atoms with E-state index in [1.165, 1.54) is 12.4 Å². The predicted octanol–water partition coefficient (Wildman–Crippen LogP) is 1.29. The highest BCUT2D eigenvalue weighted by atomic mass is 16.2. The molecule has 142 valence electrons. The van der Waals surface area contributed by atoms with Crippen LogP contribution in [-0.4, -0.2) is 51.9 Å². The van der Waals surface area contributed by atoms with E-state index < -0.39 is 0 Å². The average Bonchev–Trinajstić information content (AvgIpc) is 3.05. The van der Waals surface area contributed by atoms with Gasteiger partial charge in [-0.05, 0) is 25.8 Å². The Kier molecular flexibility index (Phi) is 6.13. The zero-order valence-corrected chi connectivity index (χ0v) is 15.7. The van der Waals surface area contributed by atoms with Gasteiger partial charge in [-0.1, -0.05) is 30.3 Å². The van der Waals surface area contributed by atoms with E-state index in [1.807, 2.05) is 37.3 Å². The number of amides is 2. The molecule has 1 aromatic carbocycles. The lowest BCUT2D eigenvalue weighted by Gasteiger charge is -2.23. The zero-order chi connectivity index (χ0) is 19.2. The van der Waals surface area contributed by atoms with E-state index in [0.717, 1.165) is 5.56 Å². The number of likely N-dealkylation sites (N-methyl/N-ethyl adjacent to an activating group) is 1. The van der Waals surface area contributed by atoms with Crippen LogP contribution < -0.4 is 10.6 Å². The highest BCUT2D eigenvalue weighted by Crippen LogP contribution is 2.21. The van der Waals surface area contributed by atoms with Gasteiger partial charge in [-0.15, -0.1) is 0 Å². The first-order valence-electron chi connectivity index (χ1n) is 9.22. The maximum absolute atomic E-state index is 12.5. The Bertz CT molecular complexity index is 779. The minimum atomic E-state index is -0.260. The van der Waals surface area contributed by atoms with E-state index in [9.17, 15) is 9.59 Å². The third kappa shape index (κ3) is 4.89. The van der Waals surface area contributed by atoms with E-state index in [2.05, 4.69) is 25.5 Å². The third-order valence-electron chi connectivity index (χ3n) is 4.66. The van der Waals surface area contributed by atoms with Gasteiger partial charge in [-0.2, -0.15) is 0 Å². The first kappa shape index (κ1) is 19.0. The number of aryl methyl sites for hydroxylation is 1. The first-order chi connectivity index (χ1) is 13.1. The normalized spacial score (nSPS) is 19.6. The van der Waals surface area contributed by atoms with Crippen molar-refractivity contribution in [3.8, 4) is 0 Å². The number of carbonyl (C=O) groups is 2. The molecule has 1 aromatic heterocycles. The lowest BCUT2D eigenvalue weighted by Crippen LogP contribution is -2.42.